The third-order valence-corrected chi connectivity index (χ3v) is 0.370. The van der Waals surface area contributed by atoms with E-state index in [0.717, 1.165) is 6.42 Å². The molecular weight excluding hydrogens is 78.0 g/mol. The fourth-order valence-electron chi connectivity index (χ4n) is 0.144. The molecule has 0 N–H and O–H groups in total. The van der Waals surface area contributed by atoms with Crippen molar-refractivity contribution in [1.82, 2.24) is 0 Å². The highest BCUT2D eigenvalue weighted by molar-refractivity contribution is 5.21. The Bertz CT molecular complexity index is 36.5. The van der Waals surface area contributed by atoms with Gasteiger partial charge in [0, 0.05) is 0 Å². The Kier molecular flexibility index (Phi) is 4.08. The normalized spacial score (nSPS) is 7.50. The Balaban J connectivity index is 2.49. The highest BCUT2D eigenvalue weighted by Crippen LogP contribution is 1.75. The first kappa shape index (κ1) is 5.47. The molecule has 1 radical (unpaired) electrons. The van der Waals surface area contributed by atoms with Gasteiger partial charge >= 0.3 is 0 Å². The summed E-state index contributed by atoms with van der Waals surface area (Å²) in [6.07, 6.45) is 0.959. The lowest BCUT2D eigenvalue weighted by molar-refractivity contribution is 0.148. The van der Waals surface area contributed by atoms with Gasteiger partial charge in [-0.3, -0.25) is 0 Å². The standard InChI is InChI=1S/C4H8NO/c1-3-4-6-5-2/h2H,3-4H2,1H3. The van der Waals surface area contributed by atoms with Crippen LogP contribution in [0.4, 0.5) is 0 Å². The lowest BCUT2D eigenvalue weighted by atomic mass is 10.5. The van der Waals surface area contributed by atoms with Crippen LogP contribution in [0.3, 0.4) is 0 Å². The number of hydrogen-bond donors (Lipinski definition) is 0. The molecule has 0 heterocycles. The summed E-state index contributed by atoms with van der Waals surface area (Å²) in [5, 5.41) is 2.93. The average Bonchev–Trinajstić information content (AvgIpc) is 1.61. The van der Waals surface area contributed by atoms with E-state index >= 15 is 0 Å². The fraction of sp³-hybridized carbons (Fsp3) is 0.750. The van der Waals surface area contributed by atoms with Crippen molar-refractivity contribution < 1.29 is 4.84 Å². The van der Waals surface area contributed by atoms with Crippen molar-refractivity contribution in [1.29, 1.82) is 0 Å². The van der Waals surface area contributed by atoms with Crippen molar-refractivity contribution in [2.75, 3.05) is 6.61 Å². The van der Waals surface area contributed by atoms with E-state index in [4.69, 9.17) is 0 Å². The SMILES string of the molecule is [CH]=NOCCC. The van der Waals surface area contributed by atoms with Crippen LogP contribution in [-0.2, 0) is 4.84 Å². The van der Waals surface area contributed by atoms with E-state index < -0.39 is 0 Å². The first-order chi connectivity index (χ1) is 2.91. The van der Waals surface area contributed by atoms with Gasteiger partial charge in [-0.05, 0) is 6.42 Å². The molecule has 0 spiro atoms. The van der Waals surface area contributed by atoms with Gasteiger partial charge in [-0.15, -0.1) is 0 Å². The average molecular weight is 86.1 g/mol. The van der Waals surface area contributed by atoms with E-state index in [9.17, 15) is 0 Å². The molecule has 0 atom stereocenters. The molecule has 2 nitrogen and oxygen atoms in total. The molecule has 0 rings (SSSR count). The van der Waals surface area contributed by atoms with Gasteiger partial charge < -0.3 is 4.84 Å². The van der Waals surface area contributed by atoms with Crippen LogP contribution in [0.2, 0.25) is 0 Å². The Morgan fingerprint density at radius 2 is 2.50 bits per heavy atom. The molecule has 0 amide bonds. The molecule has 0 unspecified atom stereocenters. The third-order valence-electron chi connectivity index (χ3n) is 0.370. The van der Waals surface area contributed by atoms with Gasteiger partial charge in [-0.25, -0.2) is 0 Å². The lowest BCUT2D eigenvalue weighted by Gasteiger charge is -1.87. The molecule has 6 heavy (non-hydrogen) atoms. The summed E-state index contributed by atoms with van der Waals surface area (Å²) in [5.74, 6) is 0. The lowest BCUT2D eigenvalue weighted by Crippen LogP contribution is -1.80. The van der Waals surface area contributed by atoms with Gasteiger partial charge in [0.25, 0.3) is 0 Å². The largest absolute Gasteiger partial charge is 0.396 e. The number of hydrogen-bond acceptors (Lipinski definition) is 2. The van der Waals surface area contributed by atoms with Crippen LogP contribution >= 0.6 is 0 Å². The highest BCUT2D eigenvalue weighted by atomic mass is 16.6. The fourth-order valence-corrected chi connectivity index (χ4v) is 0.144. The summed E-state index contributed by atoms with van der Waals surface area (Å²) in [6.45, 7) is 7.23. The first-order valence-electron chi connectivity index (χ1n) is 1.94. The minimum Gasteiger partial charge on any atom is -0.396 e. The van der Waals surface area contributed by atoms with Gasteiger partial charge in [-0.2, -0.15) is 0 Å². The van der Waals surface area contributed by atoms with Crippen molar-refractivity contribution in [2.24, 2.45) is 5.16 Å². The van der Waals surface area contributed by atoms with Crippen molar-refractivity contribution in [3.63, 3.8) is 0 Å². The molecule has 0 bridgehead atoms. The van der Waals surface area contributed by atoms with Crippen LogP contribution in [0.5, 0.6) is 0 Å². The molecule has 0 aromatic rings. The summed E-state index contributed by atoms with van der Waals surface area (Å²) in [7, 11) is 0. The van der Waals surface area contributed by atoms with E-state index in [0.29, 0.717) is 6.61 Å². The van der Waals surface area contributed by atoms with E-state index in [1.807, 2.05) is 6.92 Å². The number of nitrogens with zero attached hydrogens (tertiary/aromatic N) is 1. The Labute approximate surface area is 37.8 Å². The third kappa shape index (κ3) is 3.47. The minimum atomic E-state index is 0.622. The second-order valence-electron chi connectivity index (χ2n) is 0.939. The van der Waals surface area contributed by atoms with Crippen molar-refractivity contribution >= 4 is 6.72 Å². The first-order valence-corrected chi connectivity index (χ1v) is 1.94. The maximum Gasteiger partial charge on any atom is 0.116 e. The van der Waals surface area contributed by atoms with Crippen LogP contribution in [0.1, 0.15) is 13.3 Å². The topological polar surface area (TPSA) is 21.6 Å². The van der Waals surface area contributed by atoms with Crippen LogP contribution in [-0.4, -0.2) is 13.3 Å². The molecule has 0 aromatic heterocycles. The van der Waals surface area contributed by atoms with E-state index in [2.05, 4.69) is 16.7 Å². The second kappa shape index (κ2) is 4.47. The molecule has 2 heteroatoms. The van der Waals surface area contributed by atoms with Crippen molar-refractivity contribution in [2.45, 2.75) is 13.3 Å². The molecule has 35 valence electrons. The maximum atomic E-state index is 4.62. The summed E-state index contributed by atoms with van der Waals surface area (Å²) < 4.78 is 0. The van der Waals surface area contributed by atoms with Crippen LogP contribution in [0, 0.1) is 0 Å². The van der Waals surface area contributed by atoms with Crippen LogP contribution in [0.15, 0.2) is 5.16 Å². The molecule has 0 aliphatic carbocycles. The zero-order valence-corrected chi connectivity index (χ0v) is 3.85. The summed E-state index contributed by atoms with van der Waals surface area (Å²) >= 11 is 0. The Morgan fingerprint density at radius 1 is 1.83 bits per heavy atom. The summed E-state index contributed by atoms with van der Waals surface area (Å²) in [4.78, 5) is 4.39. The second-order valence-corrected chi connectivity index (χ2v) is 0.939. The molecule has 0 fully saturated rings. The maximum absolute atomic E-state index is 4.62. The van der Waals surface area contributed by atoms with E-state index in [-0.39, 0.29) is 0 Å². The molecule has 0 saturated heterocycles. The van der Waals surface area contributed by atoms with Gasteiger partial charge in [0.2, 0.25) is 0 Å². The smallest absolute Gasteiger partial charge is 0.116 e. The predicted octanol–water partition coefficient (Wildman–Crippen LogP) is 0.906. The minimum absolute atomic E-state index is 0.622. The molecule has 0 saturated carbocycles. The molecule has 0 aliphatic rings. The van der Waals surface area contributed by atoms with E-state index in [1.165, 1.54) is 0 Å². The summed E-state index contributed by atoms with van der Waals surface area (Å²) in [5.41, 5.74) is 0. The van der Waals surface area contributed by atoms with Gasteiger partial charge in [0.05, 0.1) is 6.72 Å². The summed E-state index contributed by atoms with van der Waals surface area (Å²) in [6, 6.07) is 0. The monoisotopic (exact) mass is 86.1 g/mol. The Morgan fingerprint density at radius 3 is 2.67 bits per heavy atom. The Hall–Kier alpha value is -0.530. The quantitative estimate of drug-likeness (QED) is 0.284. The molecule has 0 aliphatic heterocycles. The van der Waals surface area contributed by atoms with Crippen LogP contribution < -0.4 is 0 Å². The highest BCUT2D eigenvalue weighted by Gasteiger charge is 1.70. The number of rotatable bonds is 3. The molecule has 0 aromatic carbocycles. The van der Waals surface area contributed by atoms with Crippen molar-refractivity contribution in [3.8, 4) is 0 Å². The van der Waals surface area contributed by atoms with Crippen molar-refractivity contribution in [3.05, 3.63) is 0 Å². The van der Waals surface area contributed by atoms with Crippen LogP contribution in [0.25, 0.3) is 0 Å². The van der Waals surface area contributed by atoms with Gasteiger partial charge in [0.1, 0.15) is 6.61 Å². The predicted molar refractivity (Wildman–Crippen MR) is 24.7 cm³/mol. The zero-order chi connectivity index (χ0) is 4.83. The molecular formula is C4H8NO. The van der Waals surface area contributed by atoms with Gasteiger partial charge in [0.15, 0.2) is 0 Å². The van der Waals surface area contributed by atoms with E-state index in [1.54, 1.807) is 0 Å². The zero-order valence-electron chi connectivity index (χ0n) is 3.85. The van der Waals surface area contributed by atoms with Gasteiger partial charge in [-0.1, -0.05) is 12.1 Å².